The number of fused-ring (bicyclic) bond motifs is 1. The predicted molar refractivity (Wildman–Crippen MR) is 107 cm³/mol. The maximum Gasteiger partial charge on any atom is 0.233 e. The molecule has 0 spiro atoms. The number of hydrogen-bond donors (Lipinski definition) is 0. The van der Waals surface area contributed by atoms with Gasteiger partial charge in [-0.2, -0.15) is 0 Å². The summed E-state index contributed by atoms with van der Waals surface area (Å²) in [5.74, 6) is 1.42. The van der Waals surface area contributed by atoms with Crippen molar-refractivity contribution < 1.29 is 9.53 Å². The van der Waals surface area contributed by atoms with Gasteiger partial charge >= 0.3 is 0 Å². The molecule has 0 aliphatic heterocycles. The van der Waals surface area contributed by atoms with Crippen LogP contribution in [0.3, 0.4) is 0 Å². The van der Waals surface area contributed by atoms with Gasteiger partial charge in [0.25, 0.3) is 0 Å². The van der Waals surface area contributed by atoms with E-state index in [2.05, 4.69) is 17.6 Å². The second kappa shape index (κ2) is 8.91. The summed E-state index contributed by atoms with van der Waals surface area (Å²) in [6.07, 6.45) is 4.70. The zero-order valence-electron chi connectivity index (χ0n) is 16.0. The van der Waals surface area contributed by atoms with E-state index >= 15 is 0 Å². The highest BCUT2D eigenvalue weighted by Crippen LogP contribution is 2.28. The van der Waals surface area contributed by atoms with Crippen molar-refractivity contribution in [3.8, 4) is 0 Å². The van der Waals surface area contributed by atoms with Crippen molar-refractivity contribution in [3.05, 3.63) is 24.3 Å². The summed E-state index contributed by atoms with van der Waals surface area (Å²) in [5, 5.41) is 0.891. The molecule has 1 fully saturated rings. The molecule has 26 heavy (non-hydrogen) atoms. The van der Waals surface area contributed by atoms with Crippen molar-refractivity contribution in [2.75, 3.05) is 26.5 Å². The topological polar surface area (TPSA) is 47.4 Å². The number of hydrogen-bond acceptors (Lipinski definition) is 4. The van der Waals surface area contributed by atoms with E-state index in [4.69, 9.17) is 9.72 Å². The predicted octanol–water partition coefficient (Wildman–Crippen LogP) is 3.81. The van der Waals surface area contributed by atoms with Gasteiger partial charge in [0.2, 0.25) is 5.91 Å². The number of imidazole rings is 1. The molecule has 0 atom stereocenters. The number of carbonyl (C=O) groups excluding carboxylic acids is 1. The maximum atomic E-state index is 12.7. The van der Waals surface area contributed by atoms with Gasteiger partial charge in [-0.1, -0.05) is 30.8 Å². The quantitative estimate of drug-likeness (QED) is 0.691. The molecule has 1 aromatic heterocycles. The van der Waals surface area contributed by atoms with Gasteiger partial charge in [0, 0.05) is 26.7 Å². The molecule has 0 N–H and O–H groups in total. The summed E-state index contributed by atoms with van der Waals surface area (Å²) in [6, 6.07) is 8.49. The SMILES string of the molecule is COCCn1c(SCC(=O)N(C)C2CCC(C)CC2)nc2ccccc21. The largest absolute Gasteiger partial charge is 0.383 e. The third-order valence-corrected chi connectivity index (χ3v) is 6.35. The minimum atomic E-state index is 0.194. The molecule has 0 saturated heterocycles. The molecule has 5 nitrogen and oxygen atoms in total. The number of para-hydroxylation sites is 2. The fourth-order valence-electron chi connectivity index (χ4n) is 3.62. The van der Waals surface area contributed by atoms with Gasteiger partial charge in [0.05, 0.1) is 23.4 Å². The molecule has 0 bridgehead atoms. The van der Waals surface area contributed by atoms with Crippen LogP contribution in [0.1, 0.15) is 32.6 Å². The highest BCUT2D eigenvalue weighted by atomic mass is 32.2. The number of rotatable bonds is 7. The van der Waals surface area contributed by atoms with Gasteiger partial charge in [-0.25, -0.2) is 4.98 Å². The Hall–Kier alpha value is -1.53. The lowest BCUT2D eigenvalue weighted by atomic mass is 9.87. The van der Waals surface area contributed by atoms with Crippen LogP contribution < -0.4 is 0 Å². The molecule has 1 amide bonds. The first-order chi connectivity index (χ1) is 12.6. The molecular formula is C20H29N3O2S. The van der Waals surface area contributed by atoms with E-state index < -0.39 is 0 Å². The van der Waals surface area contributed by atoms with Crippen molar-refractivity contribution in [2.24, 2.45) is 5.92 Å². The summed E-state index contributed by atoms with van der Waals surface area (Å²) < 4.78 is 7.39. The summed E-state index contributed by atoms with van der Waals surface area (Å²) >= 11 is 1.53. The first kappa shape index (κ1) is 19.2. The molecule has 1 aliphatic carbocycles. The van der Waals surface area contributed by atoms with Crippen LogP contribution in [0.2, 0.25) is 0 Å². The lowest BCUT2D eigenvalue weighted by Crippen LogP contribution is -2.40. The van der Waals surface area contributed by atoms with Crippen LogP contribution >= 0.6 is 11.8 Å². The minimum Gasteiger partial charge on any atom is -0.383 e. The Morgan fingerprint density at radius 1 is 1.31 bits per heavy atom. The zero-order valence-corrected chi connectivity index (χ0v) is 16.8. The molecule has 142 valence electrons. The van der Waals surface area contributed by atoms with E-state index in [1.54, 1.807) is 7.11 Å². The Morgan fingerprint density at radius 3 is 2.77 bits per heavy atom. The van der Waals surface area contributed by atoms with Crippen LogP contribution in [0.5, 0.6) is 0 Å². The third-order valence-electron chi connectivity index (χ3n) is 5.39. The second-order valence-corrected chi connectivity index (χ2v) is 8.18. The van der Waals surface area contributed by atoms with Crippen LogP contribution in [0, 0.1) is 5.92 Å². The van der Waals surface area contributed by atoms with E-state index in [1.165, 1.54) is 24.6 Å². The van der Waals surface area contributed by atoms with Crippen molar-refractivity contribution in [1.29, 1.82) is 0 Å². The Balaban J connectivity index is 1.65. The van der Waals surface area contributed by atoms with E-state index in [9.17, 15) is 4.79 Å². The molecule has 3 rings (SSSR count). The van der Waals surface area contributed by atoms with Crippen molar-refractivity contribution in [2.45, 2.75) is 50.4 Å². The highest BCUT2D eigenvalue weighted by molar-refractivity contribution is 7.99. The molecule has 1 aromatic carbocycles. The Kier molecular flexibility index (Phi) is 6.59. The van der Waals surface area contributed by atoms with E-state index in [0.717, 1.165) is 41.5 Å². The molecule has 1 aliphatic rings. The third kappa shape index (κ3) is 4.41. The molecule has 1 heterocycles. The zero-order chi connectivity index (χ0) is 18.5. The molecule has 6 heteroatoms. The second-order valence-electron chi connectivity index (χ2n) is 7.23. The number of benzene rings is 1. The van der Waals surface area contributed by atoms with E-state index in [1.807, 2.05) is 30.1 Å². The fourth-order valence-corrected chi connectivity index (χ4v) is 4.59. The van der Waals surface area contributed by atoms with Gasteiger partial charge in [-0.3, -0.25) is 4.79 Å². The van der Waals surface area contributed by atoms with Crippen LogP contribution in [0.4, 0.5) is 0 Å². The lowest BCUT2D eigenvalue weighted by Gasteiger charge is -2.33. The number of amides is 1. The van der Waals surface area contributed by atoms with Gasteiger partial charge in [0.15, 0.2) is 5.16 Å². The Labute approximate surface area is 160 Å². The average Bonchev–Trinajstić information content (AvgIpc) is 3.02. The fraction of sp³-hybridized carbons (Fsp3) is 0.600. The molecule has 2 aromatic rings. The minimum absolute atomic E-state index is 0.194. The lowest BCUT2D eigenvalue weighted by molar-refractivity contribution is -0.129. The summed E-state index contributed by atoms with van der Waals surface area (Å²) in [7, 11) is 3.66. The van der Waals surface area contributed by atoms with Crippen LogP contribution in [0.25, 0.3) is 11.0 Å². The monoisotopic (exact) mass is 375 g/mol. The van der Waals surface area contributed by atoms with Gasteiger partial charge in [-0.05, 0) is 43.7 Å². The first-order valence-electron chi connectivity index (χ1n) is 9.42. The highest BCUT2D eigenvalue weighted by Gasteiger charge is 2.25. The molecule has 1 saturated carbocycles. The van der Waals surface area contributed by atoms with E-state index in [0.29, 0.717) is 18.4 Å². The van der Waals surface area contributed by atoms with Crippen LogP contribution in [-0.2, 0) is 16.1 Å². The first-order valence-corrected chi connectivity index (χ1v) is 10.4. The molecule has 0 radical (unpaired) electrons. The van der Waals surface area contributed by atoms with Crippen LogP contribution in [0.15, 0.2) is 29.4 Å². The Bertz CT molecular complexity index is 738. The standard InChI is InChI=1S/C20H29N3O2S/c1-15-8-10-16(11-9-15)22(2)19(24)14-26-20-21-17-6-4-5-7-18(17)23(20)12-13-25-3/h4-7,15-16H,8-14H2,1-3H3. The van der Waals surface area contributed by atoms with Crippen LogP contribution in [-0.4, -0.2) is 52.9 Å². The molecular weight excluding hydrogens is 346 g/mol. The van der Waals surface area contributed by atoms with Crippen molar-refractivity contribution in [3.63, 3.8) is 0 Å². The number of ether oxygens (including phenoxy) is 1. The van der Waals surface area contributed by atoms with Gasteiger partial charge in [0.1, 0.15) is 0 Å². The smallest absolute Gasteiger partial charge is 0.233 e. The molecule has 0 unspecified atom stereocenters. The Morgan fingerprint density at radius 2 is 2.04 bits per heavy atom. The normalized spacial score (nSPS) is 20.4. The summed E-state index contributed by atoms with van der Waals surface area (Å²) in [6.45, 7) is 3.67. The van der Waals surface area contributed by atoms with Gasteiger partial charge < -0.3 is 14.2 Å². The summed E-state index contributed by atoms with van der Waals surface area (Å²) in [4.78, 5) is 19.4. The number of aromatic nitrogens is 2. The maximum absolute atomic E-state index is 12.7. The number of methoxy groups -OCH3 is 1. The number of carbonyl (C=O) groups is 1. The van der Waals surface area contributed by atoms with Crippen molar-refractivity contribution >= 4 is 28.7 Å². The van der Waals surface area contributed by atoms with Gasteiger partial charge in [-0.15, -0.1) is 0 Å². The number of thioether (sulfide) groups is 1. The average molecular weight is 376 g/mol. The van der Waals surface area contributed by atoms with Crippen molar-refractivity contribution in [1.82, 2.24) is 14.5 Å². The number of nitrogens with zero attached hydrogens (tertiary/aromatic N) is 3. The summed E-state index contributed by atoms with van der Waals surface area (Å²) in [5.41, 5.74) is 2.06. The van der Waals surface area contributed by atoms with E-state index in [-0.39, 0.29) is 5.91 Å².